The Labute approximate surface area is 121 Å². The van der Waals surface area contributed by atoms with Crippen LogP contribution in [0.4, 0.5) is 13.6 Å². The molecule has 2 aromatic rings. The van der Waals surface area contributed by atoms with Gasteiger partial charge in [0.05, 0.1) is 15.9 Å². The van der Waals surface area contributed by atoms with Crippen LogP contribution in [0.2, 0.25) is 5.02 Å². The molecule has 1 fully saturated rings. The quantitative estimate of drug-likeness (QED) is 0.683. The van der Waals surface area contributed by atoms with Gasteiger partial charge in [-0.2, -0.15) is 0 Å². The van der Waals surface area contributed by atoms with Crippen molar-refractivity contribution >= 4 is 28.7 Å². The van der Waals surface area contributed by atoms with Crippen LogP contribution >= 0.6 is 11.6 Å². The molecule has 110 valence electrons. The highest BCUT2D eigenvalue weighted by Gasteiger charge is 2.27. The van der Waals surface area contributed by atoms with E-state index in [0.717, 1.165) is 25.1 Å². The minimum Gasteiger partial charge on any atom is -0.431 e. The van der Waals surface area contributed by atoms with E-state index in [9.17, 15) is 18.4 Å². The van der Waals surface area contributed by atoms with Gasteiger partial charge in [0.25, 0.3) is 0 Å². The summed E-state index contributed by atoms with van der Waals surface area (Å²) in [5.41, 5.74) is -1.15. The summed E-state index contributed by atoms with van der Waals surface area (Å²) in [6, 6.07) is 0.965. The fourth-order valence-electron chi connectivity index (χ4n) is 1.76. The second kappa shape index (κ2) is 5.00. The predicted octanol–water partition coefficient (Wildman–Crippen LogP) is 3.14. The van der Waals surface area contributed by atoms with Gasteiger partial charge in [-0.1, -0.05) is 11.6 Å². The van der Waals surface area contributed by atoms with Crippen LogP contribution in [0.5, 0.6) is 5.75 Å². The lowest BCUT2D eigenvalue weighted by atomic mass is 10.2. The zero-order valence-electron chi connectivity index (χ0n) is 10.4. The van der Waals surface area contributed by atoms with Crippen molar-refractivity contribution in [3.63, 3.8) is 0 Å². The number of H-pyrrole nitrogens is 1. The summed E-state index contributed by atoms with van der Waals surface area (Å²) < 4.78 is 36.5. The van der Waals surface area contributed by atoms with Gasteiger partial charge in [-0.15, -0.1) is 0 Å². The number of rotatable bonds is 2. The third kappa shape index (κ3) is 2.56. The number of carbonyl (C=O) groups excluding carboxylic acids is 1. The van der Waals surface area contributed by atoms with E-state index in [1.165, 1.54) is 0 Å². The van der Waals surface area contributed by atoms with E-state index in [1.54, 1.807) is 0 Å². The SMILES string of the molecule is O=C(Oc1c[nH]c2c(F)c(F)c(Cl)cc2c1=O)OC1CC1. The Bertz CT molecular complexity index is 801. The molecule has 1 heterocycles. The molecule has 0 aliphatic heterocycles. The van der Waals surface area contributed by atoms with Crippen LogP contribution in [0, 0.1) is 11.6 Å². The maximum atomic E-state index is 13.7. The van der Waals surface area contributed by atoms with Crippen molar-refractivity contribution in [1.29, 1.82) is 0 Å². The molecular formula is C13H8ClF2NO4. The number of ether oxygens (including phenoxy) is 2. The fraction of sp³-hybridized carbons (Fsp3) is 0.231. The van der Waals surface area contributed by atoms with E-state index in [0.29, 0.717) is 0 Å². The summed E-state index contributed by atoms with van der Waals surface area (Å²) >= 11 is 5.50. The molecule has 0 saturated heterocycles. The summed E-state index contributed by atoms with van der Waals surface area (Å²) in [6.07, 6.45) is 1.27. The monoisotopic (exact) mass is 315 g/mol. The highest BCUT2D eigenvalue weighted by atomic mass is 35.5. The molecule has 1 saturated carbocycles. The van der Waals surface area contributed by atoms with Crippen LogP contribution in [-0.4, -0.2) is 17.2 Å². The van der Waals surface area contributed by atoms with Crippen molar-refractivity contribution in [3.05, 3.63) is 39.1 Å². The normalized spacial score (nSPS) is 14.2. The molecule has 5 nitrogen and oxygen atoms in total. The van der Waals surface area contributed by atoms with E-state index in [-0.39, 0.29) is 22.8 Å². The van der Waals surface area contributed by atoms with Gasteiger partial charge in [0, 0.05) is 6.20 Å². The molecule has 0 unspecified atom stereocenters. The zero-order chi connectivity index (χ0) is 15.1. The smallest absolute Gasteiger partial charge is 0.431 e. The van der Waals surface area contributed by atoms with Gasteiger partial charge in [0.2, 0.25) is 5.43 Å². The second-order valence-electron chi connectivity index (χ2n) is 4.56. The Morgan fingerprint density at radius 3 is 2.71 bits per heavy atom. The molecule has 0 atom stereocenters. The van der Waals surface area contributed by atoms with Gasteiger partial charge in [0.1, 0.15) is 6.10 Å². The predicted molar refractivity (Wildman–Crippen MR) is 69.6 cm³/mol. The van der Waals surface area contributed by atoms with Gasteiger partial charge >= 0.3 is 6.16 Å². The number of pyridine rings is 1. The average molecular weight is 316 g/mol. The Morgan fingerprint density at radius 1 is 1.33 bits per heavy atom. The summed E-state index contributed by atoms with van der Waals surface area (Å²) in [5.74, 6) is -2.92. The first kappa shape index (κ1) is 13.8. The largest absolute Gasteiger partial charge is 0.514 e. The Hall–Kier alpha value is -2.15. The van der Waals surface area contributed by atoms with Crippen LogP contribution in [0.25, 0.3) is 10.9 Å². The summed E-state index contributed by atoms with van der Waals surface area (Å²) in [5, 5.41) is -0.765. The molecule has 1 aromatic carbocycles. The van der Waals surface area contributed by atoms with Crippen molar-refractivity contribution < 1.29 is 23.0 Å². The molecule has 8 heteroatoms. The van der Waals surface area contributed by atoms with E-state index < -0.39 is 28.2 Å². The lowest BCUT2D eigenvalue weighted by Gasteiger charge is -2.06. The van der Waals surface area contributed by atoms with E-state index >= 15 is 0 Å². The van der Waals surface area contributed by atoms with Crippen LogP contribution in [-0.2, 0) is 4.74 Å². The standard InChI is InChI=1S/C13H8ClF2NO4/c14-7-3-6-11(10(16)9(7)15)17-4-8(12(6)18)21-13(19)20-5-1-2-5/h3-5H,1-2H2,(H,17,18). The Kier molecular flexibility index (Phi) is 3.29. The van der Waals surface area contributed by atoms with Crippen LogP contribution in [0.3, 0.4) is 0 Å². The number of nitrogens with one attached hydrogen (secondary N) is 1. The minimum atomic E-state index is -1.28. The van der Waals surface area contributed by atoms with Gasteiger partial charge < -0.3 is 14.5 Å². The maximum absolute atomic E-state index is 13.7. The first-order valence-electron chi connectivity index (χ1n) is 6.04. The summed E-state index contributed by atoms with van der Waals surface area (Å²) in [6.45, 7) is 0. The maximum Gasteiger partial charge on any atom is 0.514 e. The first-order valence-corrected chi connectivity index (χ1v) is 6.42. The van der Waals surface area contributed by atoms with Crippen LogP contribution < -0.4 is 10.2 Å². The molecule has 3 rings (SSSR count). The van der Waals surface area contributed by atoms with Crippen molar-refractivity contribution in [2.24, 2.45) is 0 Å². The molecule has 1 aromatic heterocycles. The second-order valence-corrected chi connectivity index (χ2v) is 4.97. The molecule has 21 heavy (non-hydrogen) atoms. The van der Waals surface area contributed by atoms with Gasteiger partial charge in [-0.05, 0) is 18.9 Å². The van der Waals surface area contributed by atoms with E-state index in [4.69, 9.17) is 21.1 Å². The molecule has 1 aliphatic carbocycles. The van der Waals surface area contributed by atoms with Crippen LogP contribution in [0.1, 0.15) is 12.8 Å². The van der Waals surface area contributed by atoms with Crippen LogP contribution in [0.15, 0.2) is 17.1 Å². The number of aromatic amines is 1. The minimum absolute atomic E-state index is 0.182. The Balaban J connectivity index is 2.01. The lowest BCUT2D eigenvalue weighted by Crippen LogP contribution is -2.17. The number of halogens is 3. The number of aromatic nitrogens is 1. The molecular weight excluding hydrogens is 308 g/mol. The molecule has 1 N–H and O–H groups in total. The molecule has 0 spiro atoms. The van der Waals surface area contributed by atoms with Gasteiger partial charge in [-0.3, -0.25) is 4.79 Å². The van der Waals surface area contributed by atoms with E-state index in [1.807, 2.05) is 0 Å². The van der Waals surface area contributed by atoms with Crippen molar-refractivity contribution in [2.45, 2.75) is 18.9 Å². The molecule has 1 aliphatic rings. The average Bonchev–Trinajstić information content (AvgIpc) is 3.24. The number of carbonyl (C=O) groups is 1. The van der Waals surface area contributed by atoms with Gasteiger partial charge in [0.15, 0.2) is 17.4 Å². The third-order valence-electron chi connectivity index (χ3n) is 2.96. The molecule has 0 bridgehead atoms. The summed E-state index contributed by atoms with van der Waals surface area (Å²) in [7, 11) is 0. The zero-order valence-corrected chi connectivity index (χ0v) is 11.2. The topological polar surface area (TPSA) is 68.4 Å². The van der Waals surface area contributed by atoms with Crippen molar-refractivity contribution in [3.8, 4) is 5.75 Å². The number of fused-ring (bicyclic) bond motifs is 1. The molecule has 0 amide bonds. The molecule has 0 radical (unpaired) electrons. The van der Waals surface area contributed by atoms with Crippen molar-refractivity contribution in [2.75, 3.05) is 0 Å². The fourth-order valence-corrected chi connectivity index (χ4v) is 1.95. The highest BCUT2D eigenvalue weighted by molar-refractivity contribution is 6.31. The van der Waals surface area contributed by atoms with Gasteiger partial charge in [-0.25, -0.2) is 13.6 Å². The van der Waals surface area contributed by atoms with E-state index in [2.05, 4.69) is 4.98 Å². The third-order valence-corrected chi connectivity index (χ3v) is 3.23. The first-order chi connectivity index (χ1) is 9.97. The highest BCUT2D eigenvalue weighted by Crippen LogP contribution is 2.26. The van der Waals surface area contributed by atoms with Crippen molar-refractivity contribution in [1.82, 2.24) is 4.98 Å². The number of benzene rings is 1. The number of hydrogen-bond donors (Lipinski definition) is 1. The number of hydrogen-bond acceptors (Lipinski definition) is 4. The summed E-state index contributed by atoms with van der Waals surface area (Å²) in [4.78, 5) is 25.8. The Morgan fingerprint density at radius 2 is 2.05 bits per heavy atom. The lowest BCUT2D eigenvalue weighted by molar-refractivity contribution is 0.0921.